The molecule has 236 valence electrons. The van der Waals surface area contributed by atoms with Crippen LogP contribution in [0.3, 0.4) is 0 Å². The molecule has 0 aliphatic heterocycles. The van der Waals surface area contributed by atoms with Crippen molar-refractivity contribution in [3.8, 4) is 0 Å². The van der Waals surface area contributed by atoms with Gasteiger partial charge in [-0.15, -0.1) is 0 Å². The normalized spacial score (nSPS) is 12.1. The highest BCUT2D eigenvalue weighted by Crippen LogP contribution is 2.36. The summed E-state index contributed by atoms with van der Waals surface area (Å²) >= 11 is 25.9. The minimum absolute atomic E-state index is 0.00309. The highest BCUT2D eigenvalue weighted by Gasteiger charge is 2.36. The summed E-state index contributed by atoms with van der Waals surface area (Å²) in [5.41, 5.74) is 1.20. The third kappa shape index (κ3) is 8.51. The van der Waals surface area contributed by atoms with Crippen LogP contribution in [0.25, 0.3) is 0 Å². The summed E-state index contributed by atoms with van der Waals surface area (Å²) in [7, 11) is -4.34. The lowest BCUT2D eigenvalue weighted by Crippen LogP contribution is -2.54. The van der Waals surface area contributed by atoms with Gasteiger partial charge in [0.05, 0.1) is 20.6 Å². The molecule has 0 aromatic heterocycles. The van der Waals surface area contributed by atoms with E-state index in [0.717, 1.165) is 9.87 Å². The first-order chi connectivity index (χ1) is 21.4. The number of nitrogens with one attached hydrogen (secondary N) is 1. The van der Waals surface area contributed by atoms with Gasteiger partial charge in [-0.25, -0.2) is 8.42 Å². The van der Waals surface area contributed by atoms with Crippen molar-refractivity contribution >= 4 is 73.9 Å². The number of carbonyl (C=O) groups excluding carboxylic acids is 2. The maximum Gasteiger partial charge on any atom is 0.264 e. The van der Waals surface area contributed by atoms with Crippen molar-refractivity contribution in [3.05, 3.63) is 128 Å². The summed E-state index contributed by atoms with van der Waals surface area (Å²) in [5.74, 6) is -1.12. The van der Waals surface area contributed by atoms with E-state index in [1.165, 1.54) is 35.2 Å². The van der Waals surface area contributed by atoms with E-state index in [4.69, 9.17) is 46.4 Å². The number of amides is 2. The first-order valence-electron chi connectivity index (χ1n) is 14.0. The maximum atomic E-state index is 14.5. The monoisotopic (exact) mass is 705 g/mol. The molecule has 0 saturated carbocycles. The fourth-order valence-electron chi connectivity index (χ4n) is 4.71. The van der Waals surface area contributed by atoms with Crippen molar-refractivity contribution in [1.82, 2.24) is 10.2 Å². The van der Waals surface area contributed by atoms with Crippen molar-refractivity contribution in [2.45, 2.75) is 43.8 Å². The molecule has 45 heavy (non-hydrogen) atoms. The van der Waals surface area contributed by atoms with Crippen molar-refractivity contribution in [1.29, 1.82) is 0 Å². The van der Waals surface area contributed by atoms with Crippen LogP contribution in [-0.4, -0.2) is 43.8 Å². The van der Waals surface area contributed by atoms with Crippen molar-refractivity contribution < 1.29 is 18.0 Å². The molecule has 0 fully saturated rings. The fourth-order valence-corrected chi connectivity index (χ4v) is 7.12. The van der Waals surface area contributed by atoms with E-state index in [1.54, 1.807) is 36.4 Å². The van der Waals surface area contributed by atoms with E-state index in [1.807, 2.05) is 44.2 Å². The zero-order valence-electron chi connectivity index (χ0n) is 24.5. The lowest BCUT2D eigenvalue weighted by molar-refractivity contribution is -0.140. The highest BCUT2D eigenvalue weighted by atomic mass is 35.5. The summed E-state index contributed by atoms with van der Waals surface area (Å²) in [4.78, 5) is 29.6. The lowest BCUT2D eigenvalue weighted by atomic mass is 10.0. The Morgan fingerprint density at radius 3 is 1.91 bits per heavy atom. The van der Waals surface area contributed by atoms with Gasteiger partial charge in [0, 0.05) is 34.6 Å². The molecule has 2 amide bonds. The maximum absolute atomic E-state index is 14.5. The van der Waals surface area contributed by atoms with Crippen LogP contribution >= 0.6 is 46.4 Å². The van der Waals surface area contributed by atoms with Gasteiger partial charge >= 0.3 is 0 Å². The average molecular weight is 708 g/mol. The van der Waals surface area contributed by atoms with Crippen LogP contribution in [0.1, 0.15) is 25.0 Å². The van der Waals surface area contributed by atoms with Gasteiger partial charge in [0.25, 0.3) is 10.0 Å². The molecule has 4 rings (SSSR count). The molecule has 0 spiro atoms. The van der Waals surface area contributed by atoms with Gasteiger partial charge in [0.1, 0.15) is 12.6 Å². The zero-order valence-corrected chi connectivity index (χ0v) is 28.3. The second-order valence-corrected chi connectivity index (χ2v) is 14.0. The van der Waals surface area contributed by atoms with Gasteiger partial charge in [0.15, 0.2) is 0 Å². The standard InChI is InChI=1S/C33H31Cl4N3O4S/c1-22(2)38-33(42)30(19-23-11-5-3-6-12-23)39(20-25-26(34)15-9-16-27(25)35)31(41)21-40(29-18-10-17-28(36)32(29)37)45(43,44)24-13-7-4-8-14-24/h3-18,22,30H,19-21H2,1-2H3,(H,38,42)/t30-/m1/s1. The molecule has 1 atom stereocenters. The van der Waals surface area contributed by atoms with Crippen LogP contribution in [0.15, 0.2) is 102 Å². The number of carbonyl (C=O) groups is 2. The van der Waals surface area contributed by atoms with Crippen molar-refractivity contribution in [2.24, 2.45) is 0 Å². The number of halogens is 4. The molecule has 0 bridgehead atoms. The number of benzene rings is 4. The number of nitrogens with zero attached hydrogens (tertiary/aromatic N) is 2. The van der Waals surface area contributed by atoms with Crippen LogP contribution in [-0.2, 0) is 32.6 Å². The van der Waals surface area contributed by atoms with Gasteiger partial charge in [-0.1, -0.05) is 107 Å². The third-order valence-electron chi connectivity index (χ3n) is 6.90. The summed E-state index contributed by atoms with van der Waals surface area (Å²) in [6, 6.07) is 25.0. The minimum Gasteiger partial charge on any atom is -0.352 e. The van der Waals surface area contributed by atoms with Crippen LogP contribution in [0.4, 0.5) is 5.69 Å². The van der Waals surface area contributed by atoms with Gasteiger partial charge in [-0.3, -0.25) is 13.9 Å². The van der Waals surface area contributed by atoms with Crippen LogP contribution < -0.4 is 9.62 Å². The zero-order chi connectivity index (χ0) is 32.7. The SMILES string of the molecule is CC(C)NC(=O)[C@@H](Cc1ccccc1)N(Cc1c(Cl)cccc1Cl)C(=O)CN(c1cccc(Cl)c1Cl)S(=O)(=O)c1ccccc1. The second-order valence-electron chi connectivity index (χ2n) is 10.5. The first kappa shape index (κ1) is 34.6. The Balaban J connectivity index is 1.86. The van der Waals surface area contributed by atoms with Crippen molar-refractivity contribution in [3.63, 3.8) is 0 Å². The van der Waals surface area contributed by atoms with E-state index in [-0.39, 0.29) is 49.7 Å². The number of hydrogen-bond acceptors (Lipinski definition) is 4. The second kappa shape index (κ2) is 15.3. The van der Waals surface area contributed by atoms with Crippen molar-refractivity contribution in [2.75, 3.05) is 10.8 Å². The molecule has 0 unspecified atom stereocenters. The molecule has 1 N–H and O–H groups in total. The van der Waals surface area contributed by atoms with Gasteiger partial charge in [-0.2, -0.15) is 0 Å². The summed E-state index contributed by atoms with van der Waals surface area (Å²) in [6.45, 7) is 2.73. The Labute approximate surface area is 283 Å². The van der Waals surface area contributed by atoms with E-state index in [0.29, 0.717) is 5.56 Å². The Morgan fingerprint density at radius 2 is 1.31 bits per heavy atom. The Kier molecular flexibility index (Phi) is 11.8. The minimum atomic E-state index is -4.34. The van der Waals surface area contributed by atoms with Gasteiger partial charge < -0.3 is 10.2 Å². The van der Waals surface area contributed by atoms with E-state index in [2.05, 4.69) is 5.32 Å². The molecular weight excluding hydrogens is 676 g/mol. The number of sulfonamides is 1. The molecular formula is C33H31Cl4N3O4S. The molecule has 0 radical (unpaired) electrons. The molecule has 4 aromatic carbocycles. The van der Waals surface area contributed by atoms with Crippen LogP contribution in [0, 0.1) is 0 Å². The highest BCUT2D eigenvalue weighted by molar-refractivity contribution is 7.92. The average Bonchev–Trinajstić information content (AvgIpc) is 3.01. The largest absolute Gasteiger partial charge is 0.352 e. The molecule has 12 heteroatoms. The lowest BCUT2D eigenvalue weighted by Gasteiger charge is -2.34. The molecule has 0 aliphatic rings. The number of anilines is 1. The van der Waals surface area contributed by atoms with E-state index < -0.39 is 34.4 Å². The summed E-state index contributed by atoms with van der Waals surface area (Å²) in [5, 5.41) is 3.53. The number of hydrogen-bond donors (Lipinski definition) is 1. The Hall–Kier alpha value is -3.27. The molecule has 0 aliphatic carbocycles. The topological polar surface area (TPSA) is 86.8 Å². The predicted molar refractivity (Wildman–Crippen MR) is 182 cm³/mol. The Bertz CT molecular complexity index is 1740. The van der Waals surface area contributed by atoms with Crippen LogP contribution in [0.2, 0.25) is 20.1 Å². The Morgan fingerprint density at radius 1 is 0.756 bits per heavy atom. The van der Waals surface area contributed by atoms with Gasteiger partial charge in [0.2, 0.25) is 11.8 Å². The predicted octanol–water partition coefficient (Wildman–Crippen LogP) is 7.66. The number of rotatable bonds is 12. The van der Waals surface area contributed by atoms with E-state index >= 15 is 0 Å². The molecule has 4 aromatic rings. The quantitative estimate of drug-likeness (QED) is 0.164. The fraction of sp³-hybridized carbons (Fsp3) is 0.212. The van der Waals surface area contributed by atoms with Gasteiger partial charge in [-0.05, 0) is 55.8 Å². The van der Waals surface area contributed by atoms with Crippen LogP contribution in [0.5, 0.6) is 0 Å². The van der Waals surface area contributed by atoms with E-state index in [9.17, 15) is 18.0 Å². The summed E-state index contributed by atoms with van der Waals surface area (Å²) < 4.78 is 29.1. The summed E-state index contributed by atoms with van der Waals surface area (Å²) in [6.07, 6.45) is 0.135. The third-order valence-corrected chi connectivity index (χ3v) is 10.2. The molecule has 0 saturated heterocycles. The molecule has 0 heterocycles. The first-order valence-corrected chi connectivity index (χ1v) is 16.9. The molecule has 7 nitrogen and oxygen atoms in total. The smallest absolute Gasteiger partial charge is 0.264 e.